The molecule has 3 aliphatic heterocycles. The van der Waals surface area contributed by atoms with Crippen molar-refractivity contribution in [3.05, 3.63) is 11.3 Å². The smallest absolute Gasteiger partial charge is 0.355 e. The summed E-state index contributed by atoms with van der Waals surface area (Å²) >= 11 is 1.59. The first kappa shape index (κ1) is 8.31. The Balaban J connectivity index is 2.02. The summed E-state index contributed by atoms with van der Waals surface area (Å²) in [5.74, 6) is 0.183. The fraction of sp³-hybridized carbons (Fsp3) is 0.500. The molecule has 1 amide bonds. The largest absolute Gasteiger partial charge is 0.456 e. The van der Waals surface area contributed by atoms with Crippen molar-refractivity contribution in [3.8, 4) is 0 Å². The van der Waals surface area contributed by atoms with Gasteiger partial charge in [-0.3, -0.25) is 9.69 Å². The van der Waals surface area contributed by atoms with Crippen molar-refractivity contribution in [2.45, 2.75) is 11.4 Å². The van der Waals surface area contributed by atoms with E-state index >= 15 is 0 Å². The molecule has 14 heavy (non-hydrogen) atoms. The molecule has 0 radical (unpaired) electrons. The first-order valence-corrected chi connectivity index (χ1v) is 5.34. The third-order valence-electron chi connectivity index (χ3n) is 2.66. The van der Waals surface area contributed by atoms with Gasteiger partial charge in [-0.25, -0.2) is 4.79 Å². The van der Waals surface area contributed by atoms with E-state index < -0.39 is 6.04 Å². The van der Waals surface area contributed by atoms with E-state index in [1.165, 1.54) is 4.90 Å². The maximum absolute atomic E-state index is 11.4. The predicted octanol–water partition coefficient (Wildman–Crippen LogP) is -0.960. The topological polar surface area (TPSA) is 72.6 Å². The van der Waals surface area contributed by atoms with Crippen molar-refractivity contribution in [1.82, 2.24) is 4.90 Å². The average Bonchev–Trinajstić information content (AvgIpc) is 2.57. The van der Waals surface area contributed by atoms with Crippen LogP contribution in [0, 0.1) is 0 Å². The van der Waals surface area contributed by atoms with Crippen molar-refractivity contribution in [3.63, 3.8) is 0 Å². The molecule has 6 heteroatoms. The lowest BCUT2D eigenvalue weighted by molar-refractivity contribution is -0.148. The van der Waals surface area contributed by atoms with Crippen molar-refractivity contribution < 1.29 is 14.3 Å². The van der Waals surface area contributed by atoms with Crippen LogP contribution in [0.3, 0.4) is 0 Å². The fourth-order valence-electron chi connectivity index (χ4n) is 1.90. The molecule has 2 N–H and O–H groups in total. The molecule has 3 heterocycles. The molecule has 0 unspecified atom stereocenters. The molecular formula is C8H8N2O3S. The Hall–Kier alpha value is -1.01. The first-order chi connectivity index (χ1) is 6.70. The maximum atomic E-state index is 11.4. The third-order valence-corrected chi connectivity index (χ3v) is 4.02. The number of β-lactam (4-membered cyclic amide) rings is 1. The lowest BCUT2D eigenvalue weighted by Gasteiger charge is -2.46. The number of amides is 1. The molecule has 3 rings (SSSR count). The number of ether oxygens (including phenoxy) is 1. The Morgan fingerprint density at radius 3 is 3.07 bits per heavy atom. The van der Waals surface area contributed by atoms with Crippen LogP contribution >= 0.6 is 11.8 Å². The minimum atomic E-state index is -0.456. The fourth-order valence-corrected chi connectivity index (χ4v) is 3.17. The number of rotatable bonds is 0. The lowest BCUT2D eigenvalue weighted by Crippen LogP contribution is -2.68. The minimum Gasteiger partial charge on any atom is -0.456 e. The number of hydrogen-bond acceptors (Lipinski definition) is 5. The summed E-state index contributed by atoms with van der Waals surface area (Å²) < 4.78 is 4.88. The number of carbonyl (C=O) groups excluding carboxylic acids is 2. The Morgan fingerprint density at radius 1 is 1.50 bits per heavy atom. The Labute approximate surface area is 84.2 Å². The molecule has 0 aromatic rings. The molecule has 0 aromatic heterocycles. The van der Waals surface area contributed by atoms with Gasteiger partial charge in [0.15, 0.2) is 0 Å². The van der Waals surface area contributed by atoms with Gasteiger partial charge in [0, 0.05) is 11.3 Å². The number of fused-ring (bicyclic) bond motifs is 2. The predicted molar refractivity (Wildman–Crippen MR) is 49.1 cm³/mol. The number of carbonyl (C=O) groups is 2. The van der Waals surface area contributed by atoms with E-state index in [0.29, 0.717) is 12.3 Å². The number of hydrogen-bond donors (Lipinski definition) is 1. The summed E-state index contributed by atoms with van der Waals surface area (Å²) in [5, 5.41) is -0.0631. The second-order valence-electron chi connectivity index (χ2n) is 3.46. The molecule has 74 valence electrons. The summed E-state index contributed by atoms with van der Waals surface area (Å²) in [5.41, 5.74) is 6.98. The molecule has 1 saturated heterocycles. The number of thioether (sulfide) groups is 1. The quantitative estimate of drug-likeness (QED) is 0.413. The number of nitrogens with two attached hydrogens (primary N) is 1. The second kappa shape index (κ2) is 2.52. The number of nitrogens with zero attached hydrogens (tertiary/aromatic N) is 1. The van der Waals surface area contributed by atoms with Gasteiger partial charge in [0.2, 0.25) is 5.91 Å². The van der Waals surface area contributed by atoms with E-state index in [9.17, 15) is 9.59 Å². The molecule has 0 aliphatic carbocycles. The van der Waals surface area contributed by atoms with E-state index in [0.717, 1.165) is 11.3 Å². The highest BCUT2D eigenvalue weighted by Gasteiger charge is 2.53. The zero-order valence-electron chi connectivity index (χ0n) is 7.23. The molecular weight excluding hydrogens is 204 g/mol. The monoisotopic (exact) mass is 212 g/mol. The van der Waals surface area contributed by atoms with Gasteiger partial charge >= 0.3 is 5.97 Å². The van der Waals surface area contributed by atoms with Gasteiger partial charge in [-0.2, -0.15) is 0 Å². The lowest BCUT2D eigenvalue weighted by atomic mass is 10.1. The summed E-state index contributed by atoms with van der Waals surface area (Å²) in [7, 11) is 0. The molecule has 2 atom stereocenters. The molecule has 1 fully saturated rings. The van der Waals surface area contributed by atoms with Crippen LogP contribution in [-0.4, -0.2) is 40.6 Å². The van der Waals surface area contributed by atoms with Crippen molar-refractivity contribution in [1.29, 1.82) is 0 Å². The number of cyclic esters (lactones) is 1. The van der Waals surface area contributed by atoms with Crippen LogP contribution in [0.25, 0.3) is 0 Å². The molecule has 0 bridgehead atoms. The Morgan fingerprint density at radius 2 is 2.29 bits per heavy atom. The normalized spacial score (nSPS) is 35.1. The second-order valence-corrected chi connectivity index (χ2v) is 4.57. The summed E-state index contributed by atoms with van der Waals surface area (Å²) in [4.78, 5) is 24.2. The van der Waals surface area contributed by atoms with Crippen LogP contribution in [0.1, 0.15) is 0 Å². The van der Waals surface area contributed by atoms with Gasteiger partial charge in [-0.15, -0.1) is 11.8 Å². The van der Waals surface area contributed by atoms with Crippen LogP contribution in [0.5, 0.6) is 0 Å². The van der Waals surface area contributed by atoms with E-state index in [2.05, 4.69) is 0 Å². The highest BCUT2D eigenvalue weighted by molar-refractivity contribution is 8.00. The van der Waals surface area contributed by atoms with E-state index in [4.69, 9.17) is 10.5 Å². The van der Waals surface area contributed by atoms with Gasteiger partial charge in [-0.05, 0) is 0 Å². The van der Waals surface area contributed by atoms with Crippen LogP contribution in [-0.2, 0) is 14.3 Å². The van der Waals surface area contributed by atoms with Crippen LogP contribution in [0.15, 0.2) is 11.3 Å². The Bertz CT molecular complexity index is 379. The molecule has 3 aliphatic rings. The van der Waals surface area contributed by atoms with Crippen LogP contribution < -0.4 is 5.73 Å². The summed E-state index contributed by atoms with van der Waals surface area (Å²) in [6.45, 7) is 0.326. The van der Waals surface area contributed by atoms with Crippen LogP contribution in [0.2, 0.25) is 0 Å². The molecule has 5 nitrogen and oxygen atoms in total. The number of esters is 1. The van der Waals surface area contributed by atoms with Gasteiger partial charge < -0.3 is 10.5 Å². The molecule has 0 spiro atoms. The zero-order chi connectivity index (χ0) is 9.87. The SMILES string of the molecule is N[C@@H]1C(=O)N2C3=C(COC3=O)CS[C@H]12. The van der Waals surface area contributed by atoms with Gasteiger partial charge in [-0.1, -0.05) is 0 Å². The summed E-state index contributed by atoms with van der Waals surface area (Å²) in [6.07, 6.45) is 0. The first-order valence-electron chi connectivity index (χ1n) is 4.29. The van der Waals surface area contributed by atoms with Crippen molar-refractivity contribution >= 4 is 23.6 Å². The van der Waals surface area contributed by atoms with Gasteiger partial charge in [0.25, 0.3) is 0 Å². The zero-order valence-corrected chi connectivity index (χ0v) is 8.04. The highest BCUT2D eigenvalue weighted by Crippen LogP contribution is 2.41. The van der Waals surface area contributed by atoms with E-state index in [1.54, 1.807) is 11.8 Å². The molecule has 0 aromatic carbocycles. The maximum Gasteiger partial charge on any atom is 0.355 e. The third kappa shape index (κ3) is 0.802. The van der Waals surface area contributed by atoms with Gasteiger partial charge in [0.1, 0.15) is 23.7 Å². The average molecular weight is 212 g/mol. The van der Waals surface area contributed by atoms with E-state index in [1.807, 2.05) is 0 Å². The Kier molecular flexibility index (Phi) is 1.49. The summed E-state index contributed by atoms with van der Waals surface area (Å²) in [6, 6.07) is -0.456. The van der Waals surface area contributed by atoms with Crippen LogP contribution in [0.4, 0.5) is 0 Å². The van der Waals surface area contributed by atoms with Crippen molar-refractivity contribution in [2.24, 2.45) is 5.73 Å². The molecule has 0 saturated carbocycles. The van der Waals surface area contributed by atoms with Crippen molar-refractivity contribution in [2.75, 3.05) is 12.4 Å². The van der Waals surface area contributed by atoms with E-state index in [-0.39, 0.29) is 17.3 Å². The highest BCUT2D eigenvalue weighted by atomic mass is 32.2. The van der Waals surface area contributed by atoms with Gasteiger partial charge in [0.05, 0.1) is 0 Å². The minimum absolute atomic E-state index is 0.0631. The standard InChI is InChI=1S/C8H8N2O3S/c9-4-6(11)10-5-3(1-13-8(5)12)2-14-7(4)10/h4,7H,1-2,9H2/t4-,7-/m1/s1.